The van der Waals surface area contributed by atoms with E-state index in [0.717, 1.165) is 0 Å². The van der Waals surface area contributed by atoms with Crippen molar-refractivity contribution < 1.29 is 4.74 Å². The molecule has 0 fully saturated rings. The van der Waals surface area contributed by atoms with Crippen LogP contribution in [0.3, 0.4) is 0 Å². The Morgan fingerprint density at radius 1 is 1.64 bits per heavy atom. The van der Waals surface area contributed by atoms with Crippen molar-refractivity contribution in [3.05, 3.63) is 37.1 Å². The van der Waals surface area contributed by atoms with Crippen LogP contribution < -0.4 is 0 Å². The van der Waals surface area contributed by atoms with Gasteiger partial charge in [-0.1, -0.05) is 25.3 Å². The number of hydrogen-bond acceptors (Lipinski definition) is 2. The Kier molecular flexibility index (Phi) is 6.41. The summed E-state index contributed by atoms with van der Waals surface area (Å²) >= 11 is 5.34. The molecular weight excluding hydrogens is 200 g/mol. The van der Waals surface area contributed by atoms with E-state index in [-0.39, 0.29) is 5.29 Å². The highest BCUT2D eigenvalue weighted by molar-refractivity contribution is 6.65. The molecule has 3 nitrogen and oxygen atoms in total. The van der Waals surface area contributed by atoms with Crippen LogP contribution in [-0.2, 0) is 4.74 Å². The lowest BCUT2D eigenvalue weighted by atomic mass is 10.3. The Morgan fingerprint density at radius 2 is 2.29 bits per heavy atom. The first kappa shape index (κ1) is 12.7. The van der Waals surface area contributed by atoms with Gasteiger partial charge in [-0.2, -0.15) is 0 Å². The lowest BCUT2D eigenvalue weighted by Gasteiger charge is -2.05. The van der Waals surface area contributed by atoms with Crippen LogP contribution in [0, 0.1) is 5.41 Å². The summed E-state index contributed by atoms with van der Waals surface area (Å²) in [7, 11) is 0. The van der Waals surface area contributed by atoms with Crippen LogP contribution in [0.2, 0.25) is 0 Å². The van der Waals surface area contributed by atoms with Crippen LogP contribution in [0.25, 0.3) is 0 Å². The van der Waals surface area contributed by atoms with Gasteiger partial charge in [-0.25, -0.2) is 4.99 Å². The molecule has 0 saturated heterocycles. The molecule has 0 aliphatic rings. The minimum atomic E-state index is -0.311. The summed E-state index contributed by atoms with van der Waals surface area (Å²) in [5.74, 6) is 0.385. The van der Waals surface area contributed by atoms with E-state index in [1.165, 1.54) is 0 Å². The third-order valence-electron chi connectivity index (χ3n) is 1.21. The summed E-state index contributed by atoms with van der Waals surface area (Å²) in [5, 5.41) is 6.70. The molecule has 0 rings (SSSR count). The van der Waals surface area contributed by atoms with Gasteiger partial charge in [0.25, 0.3) is 0 Å². The van der Waals surface area contributed by atoms with Crippen molar-refractivity contribution in [2.75, 3.05) is 6.61 Å². The SMILES string of the molecule is C=C/C=C/C(=NC(=N)Cl)C(=C)OCC. The molecule has 0 aliphatic carbocycles. The Hall–Kier alpha value is -1.35. The number of nitrogens with zero attached hydrogens (tertiary/aromatic N) is 1. The van der Waals surface area contributed by atoms with E-state index < -0.39 is 0 Å². The monoisotopic (exact) mass is 212 g/mol. The van der Waals surface area contributed by atoms with Crippen molar-refractivity contribution in [3.8, 4) is 0 Å². The smallest absolute Gasteiger partial charge is 0.215 e. The highest BCUT2D eigenvalue weighted by Gasteiger charge is 2.01. The number of rotatable bonds is 5. The van der Waals surface area contributed by atoms with Crippen molar-refractivity contribution in [1.29, 1.82) is 5.41 Å². The van der Waals surface area contributed by atoms with Crippen LogP contribution in [0.4, 0.5) is 0 Å². The number of allylic oxidation sites excluding steroid dienone is 3. The third kappa shape index (κ3) is 5.32. The Balaban J connectivity index is 4.71. The van der Waals surface area contributed by atoms with Crippen LogP contribution >= 0.6 is 11.6 Å². The molecule has 0 atom stereocenters. The molecule has 4 heteroatoms. The van der Waals surface area contributed by atoms with Crippen LogP contribution in [0.1, 0.15) is 6.92 Å². The summed E-state index contributed by atoms with van der Waals surface area (Å²) in [6, 6.07) is 0. The first-order valence-electron chi connectivity index (χ1n) is 4.05. The first-order valence-corrected chi connectivity index (χ1v) is 4.43. The zero-order valence-corrected chi connectivity index (χ0v) is 8.84. The van der Waals surface area contributed by atoms with Crippen molar-refractivity contribution in [1.82, 2.24) is 0 Å². The number of hydrogen-bond donors (Lipinski definition) is 1. The van der Waals surface area contributed by atoms with Crippen molar-refractivity contribution in [3.63, 3.8) is 0 Å². The van der Waals surface area contributed by atoms with E-state index in [1.54, 1.807) is 18.2 Å². The first-order chi connectivity index (χ1) is 6.61. The van der Waals surface area contributed by atoms with Gasteiger partial charge in [0, 0.05) is 0 Å². The molecule has 1 N–H and O–H groups in total. The fourth-order valence-corrected chi connectivity index (χ4v) is 0.797. The number of aliphatic imine (C=N–C) groups is 1. The molecule has 0 radical (unpaired) electrons. The minimum absolute atomic E-state index is 0.311. The standard InChI is InChI=1S/C10H13ClN2O/c1-4-6-7-9(13-10(11)12)8(3)14-5-2/h4,6-7,12H,1,3,5H2,2H3/b7-6+,12-10?,13-9?. The second-order valence-electron chi connectivity index (χ2n) is 2.24. The summed E-state index contributed by atoms with van der Waals surface area (Å²) in [6.07, 6.45) is 4.89. The van der Waals surface area contributed by atoms with Crippen LogP contribution in [-0.4, -0.2) is 17.6 Å². The van der Waals surface area contributed by atoms with Gasteiger partial charge in [0.15, 0.2) is 0 Å². The molecule has 0 amide bonds. The molecule has 0 aromatic heterocycles. The van der Waals surface area contributed by atoms with Gasteiger partial charge in [0.05, 0.1) is 6.61 Å². The lowest BCUT2D eigenvalue weighted by Crippen LogP contribution is -2.04. The topological polar surface area (TPSA) is 45.4 Å². The molecule has 0 aliphatic heterocycles. The molecule has 0 aromatic rings. The quantitative estimate of drug-likeness (QED) is 0.246. The average Bonchev–Trinajstić information content (AvgIpc) is 2.12. The fourth-order valence-electron chi connectivity index (χ4n) is 0.706. The maximum atomic E-state index is 7.01. The summed E-state index contributed by atoms with van der Waals surface area (Å²) < 4.78 is 5.14. The lowest BCUT2D eigenvalue weighted by molar-refractivity contribution is 0.251. The van der Waals surface area contributed by atoms with E-state index in [9.17, 15) is 0 Å². The van der Waals surface area contributed by atoms with Gasteiger partial charge in [-0.3, -0.25) is 5.41 Å². The molecular formula is C10H13ClN2O. The zero-order chi connectivity index (χ0) is 11.0. The van der Waals surface area contributed by atoms with Gasteiger partial charge < -0.3 is 4.74 Å². The number of nitrogens with one attached hydrogen (secondary N) is 1. The molecule has 0 aromatic carbocycles. The van der Waals surface area contributed by atoms with Crippen molar-refractivity contribution in [2.45, 2.75) is 6.92 Å². The highest BCUT2D eigenvalue weighted by atomic mass is 35.5. The van der Waals surface area contributed by atoms with E-state index in [1.807, 2.05) is 6.92 Å². The Labute approximate surface area is 89.0 Å². The van der Waals surface area contributed by atoms with Gasteiger partial charge in [0.2, 0.25) is 5.29 Å². The van der Waals surface area contributed by atoms with Crippen molar-refractivity contribution in [2.24, 2.45) is 4.99 Å². The number of ether oxygens (including phenoxy) is 1. The zero-order valence-electron chi connectivity index (χ0n) is 8.09. The summed E-state index contributed by atoms with van der Waals surface area (Å²) in [6.45, 7) is 9.51. The van der Waals surface area contributed by atoms with Crippen LogP contribution in [0.15, 0.2) is 42.1 Å². The normalized spacial score (nSPS) is 11.4. The predicted octanol–water partition coefficient (Wildman–Crippen LogP) is 2.89. The maximum Gasteiger partial charge on any atom is 0.215 e. The van der Waals surface area contributed by atoms with Gasteiger partial charge in [0.1, 0.15) is 11.5 Å². The molecule has 14 heavy (non-hydrogen) atoms. The number of halogens is 1. The van der Waals surface area contributed by atoms with Gasteiger partial charge >= 0.3 is 0 Å². The molecule has 0 bridgehead atoms. The summed E-state index contributed by atoms with van der Waals surface area (Å²) in [5.41, 5.74) is 0.423. The summed E-state index contributed by atoms with van der Waals surface area (Å²) in [4.78, 5) is 3.74. The van der Waals surface area contributed by atoms with Gasteiger partial charge in [-0.15, -0.1) is 0 Å². The van der Waals surface area contributed by atoms with E-state index in [0.29, 0.717) is 18.1 Å². The van der Waals surface area contributed by atoms with E-state index in [4.69, 9.17) is 21.7 Å². The second-order valence-corrected chi connectivity index (χ2v) is 2.60. The molecule has 0 saturated carbocycles. The Bertz CT molecular complexity index is 292. The maximum absolute atomic E-state index is 7.01. The van der Waals surface area contributed by atoms with Crippen molar-refractivity contribution >= 4 is 22.6 Å². The van der Waals surface area contributed by atoms with E-state index in [2.05, 4.69) is 18.2 Å². The molecule has 0 unspecified atom stereocenters. The second kappa shape index (κ2) is 7.09. The predicted molar refractivity (Wildman–Crippen MR) is 61.1 cm³/mol. The molecule has 76 valence electrons. The minimum Gasteiger partial charge on any atom is -0.492 e. The van der Waals surface area contributed by atoms with Crippen LogP contribution in [0.5, 0.6) is 0 Å². The van der Waals surface area contributed by atoms with Gasteiger partial charge in [-0.05, 0) is 24.6 Å². The number of amidine groups is 1. The average molecular weight is 213 g/mol. The Morgan fingerprint density at radius 3 is 2.71 bits per heavy atom. The molecule has 0 spiro atoms. The molecule has 0 heterocycles. The van der Waals surface area contributed by atoms with E-state index >= 15 is 0 Å². The highest BCUT2D eigenvalue weighted by Crippen LogP contribution is 2.01. The third-order valence-corrected chi connectivity index (χ3v) is 1.30. The largest absolute Gasteiger partial charge is 0.492 e. The fraction of sp³-hybridized carbons (Fsp3) is 0.200.